The van der Waals surface area contributed by atoms with Gasteiger partial charge < -0.3 is 7.59 Å². The van der Waals surface area contributed by atoms with Crippen LogP contribution in [0.3, 0.4) is 0 Å². The Labute approximate surface area is 95.2 Å². The van der Waals surface area contributed by atoms with Crippen molar-refractivity contribution in [3.05, 3.63) is 30.3 Å². The van der Waals surface area contributed by atoms with E-state index in [4.69, 9.17) is 0 Å². The fourth-order valence-electron chi connectivity index (χ4n) is 0.667. The fraction of sp³-hybridized carbons (Fsp3) is 0.111. The molecule has 0 atom stereocenters. The molecule has 0 aliphatic carbocycles. The van der Waals surface area contributed by atoms with Crippen LogP contribution >= 0.6 is 0 Å². The van der Waals surface area contributed by atoms with Gasteiger partial charge in [-0.05, 0) is 12.1 Å². The number of hydrogen-bond acceptors (Lipinski definition) is 3. The summed E-state index contributed by atoms with van der Waals surface area (Å²) in [5.41, 5.74) is 0. The molecule has 0 aliphatic rings. The zero-order chi connectivity index (χ0) is 8.97. The zero-order valence-electron chi connectivity index (χ0n) is 9.32. The first-order valence-corrected chi connectivity index (χ1v) is 3.48. The summed E-state index contributed by atoms with van der Waals surface area (Å²) in [6, 6.07) is 8.47. The Morgan fingerprint density at radius 3 is 2.23 bits per heavy atom. The van der Waals surface area contributed by atoms with E-state index in [9.17, 15) is 9.59 Å². The zero-order valence-corrected chi connectivity index (χ0v) is 8.73. The molecule has 0 bridgehead atoms. The van der Waals surface area contributed by atoms with Crippen LogP contribution in [-0.4, -0.2) is 34.8 Å². The van der Waals surface area contributed by atoms with Crippen LogP contribution in [0.1, 0.15) is 9.78 Å². The van der Waals surface area contributed by atoms with Crippen molar-refractivity contribution < 1.29 is 17.2 Å². The van der Waals surface area contributed by atoms with E-state index in [1.54, 1.807) is 30.3 Å². The van der Waals surface area contributed by atoms with Crippen molar-refractivity contribution in [1.29, 1.82) is 0 Å². The van der Waals surface area contributed by atoms with E-state index in [1.807, 2.05) is 0 Å². The van der Waals surface area contributed by atoms with Gasteiger partial charge >= 0.3 is 29.0 Å². The van der Waals surface area contributed by atoms with Crippen molar-refractivity contribution in [1.82, 2.24) is 0 Å². The molecule has 0 fully saturated rings. The van der Waals surface area contributed by atoms with E-state index >= 15 is 0 Å². The summed E-state index contributed by atoms with van der Waals surface area (Å²) in [4.78, 5) is 21.2. The van der Waals surface area contributed by atoms with E-state index in [-0.39, 0.29) is 25.9 Å². The summed E-state index contributed by atoms with van der Waals surface area (Å²) in [6.07, 6.45) is 0. The molecule has 4 heteroatoms. The molecule has 0 aromatic heterocycles. The number of esters is 1. The van der Waals surface area contributed by atoms with Crippen molar-refractivity contribution in [3.63, 3.8) is 0 Å². The first-order chi connectivity index (χ1) is 5.70. The minimum atomic E-state index is -0.832. The van der Waals surface area contributed by atoms with E-state index < -0.39 is 11.8 Å². The molecule has 0 heterocycles. The summed E-state index contributed by atoms with van der Waals surface area (Å²) >= 11 is 0. The molecule has 1 aromatic carbocycles. The van der Waals surface area contributed by atoms with Gasteiger partial charge in [-0.1, -0.05) is 18.2 Å². The van der Waals surface area contributed by atoms with Crippen molar-refractivity contribution >= 4 is 34.8 Å². The number of carbonyl (C=O) groups excluding carboxylic acids is 2. The Kier molecular flexibility index (Phi) is 5.33. The van der Waals surface area contributed by atoms with E-state index in [0.29, 0.717) is 5.75 Å². The first-order valence-electron chi connectivity index (χ1n) is 3.48. The minimum Gasteiger partial charge on any atom is -1.00 e. The third-order valence-corrected chi connectivity index (χ3v) is 1.24. The van der Waals surface area contributed by atoms with Crippen LogP contribution in [0.2, 0.25) is 0 Å². The number of carbonyl (C=O) groups is 2. The maximum absolute atomic E-state index is 10.7. The van der Waals surface area contributed by atoms with Crippen LogP contribution in [0.15, 0.2) is 30.3 Å². The number of para-hydroxylation sites is 1. The number of Topliss-reactive ketones (excluding diaryl/α,β-unsaturated/α-hetero) is 1. The quantitative estimate of drug-likeness (QED) is 0.303. The molecule has 0 radical (unpaired) electrons. The molecule has 0 amide bonds. The van der Waals surface area contributed by atoms with Crippen molar-refractivity contribution in [3.8, 4) is 5.75 Å². The normalized spacial score (nSPS) is 8.38. The van der Waals surface area contributed by atoms with Gasteiger partial charge in [0.25, 0.3) is 0 Å². The summed E-state index contributed by atoms with van der Waals surface area (Å²) in [5.74, 6) is -1.04. The second-order valence-corrected chi connectivity index (χ2v) is 2.26. The predicted octanol–water partition coefficient (Wildman–Crippen LogP) is 1.03. The maximum Gasteiger partial charge on any atom is 2.00 e. The Morgan fingerprint density at radius 1 is 1.23 bits per heavy atom. The number of ketones is 1. The van der Waals surface area contributed by atoms with Crippen LogP contribution in [0.25, 0.3) is 0 Å². The summed E-state index contributed by atoms with van der Waals surface area (Å²) in [5, 5.41) is 0. The second kappa shape index (κ2) is 5.72. The van der Waals surface area contributed by atoms with Gasteiger partial charge in [0.15, 0.2) is 0 Å². The molecular formula is C9H10MgO3. The molecule has 3 nitrogen and oxygen atoms in total. The smallest absolute Gasteiger partial charge is 1.00 e. The van der Waals surface area contributed by atoms with Crippen LogP contribution in [-0.2, 0) is 9.59 Å². The minimum absolute atomic E-state index is 0. The number of rotatable bonds is 2. The van der Waals surface area contributed by atoms with Gasteiger partial charge in [0.05, 0.1) is 0 Å². The molecule has 1 aromatic rings. The van der Waals surface area contributed by atoms with Gasteiger partial charge in [-0.25, -0.2) is 4.79 Å². The molecule has 0 unspecified atom stereocenters. The average molecular weight is 190 g/mol. The van der Waals surface area contributed by atoms with E-state index in [2.05, 4.69) is 4.74 Å². The Bertz CT molecular complexity index is 303. The van der Waals surface area contributed by atoms with Gasteiger partial charge in [-0.15, -0.1) is 0 Å². The van der Waals surface area contributed by atoms with Gasteiger partial charge in [-0.3, -0.25) is 4.79 Å². The van der Waals surface area contributed by atoms with Crippen LogP contribution in [0, 0.1) is 0 Å². The Balaban J connectivity index is -0.000000480. The largest absolute Gasteiger partial charge is 2.00 e. The molecule has 13 heavy (non-hydrogen) atoms. The summed E-state index contributed by atoms with van der Waals surface area (Å²) in [7, 11) is 0. The van der Waals surface area contributed by atoms with Crippen molar-refractivity contribution in [2.24, 2.45) is 0 Å². The molecule has 0 saturated carbocycles. The average Bonchev–Trinajstić information content (AvgIpc) is 2.06. The third kappa shape index (κ3) is 4.05. The number of ether oxygens (including phenoxy) is 1. The molecule has 0 N–H and O–H groups in total. The monoisotopic (exact) mass is 190 g/mol. The molecule has 1 rings (SSSR count). The Morgan fingerprint density at radius 2 is 1.77 bits per heavy atom. The molecule has 66 valence electrons. The maximum atomic E-state index is 10.7. The number of hydrogen-bond donors (Lipinski definition) is 0. The SMILES string of the molecule is CC(=O)C(=O)Oc1ccccc1.[H-].[H-].[Mg+2]. The van der Waals surface area contributed by atoms with Crippen molar-refractivity contribution in [2.45, 2.75) is 6.92 Å². The van der Waals surface area contributed by atoms with Gasteiger partial charge in [0.1, 0.15) is 5.75 Å². The third-order valence-electron chi connectivity index (χ3n) is 1.24. The molecule has 0 saturated heterocycles. The van der Waals surface area contributed by atoms with E-state index in [1.165, 1.54) is 6.92 Å². The molecule has 0 aliphatic heterocycles. The van der Waals surface area contributed by atoms with Gasteiger partial charge in [0.2, 0.25) is 5.78 Å². The second-order valence-electron chi connectivity index (χ2n) is 2.26. The Hall–Kier alpha value is -0.874. The molecular weight excluding hydrogens is 180 g/mol. The summed E-state index contributed by atoms with van der Waals surface area (Å²) < 4.78 is 4.69. The van der Waals surface area contributed by atoms with Gasteiger partial charge in [0, 0.05) is 6.92 Å². The van der Waals surface area contributed by atoms with Crippen molar-refractivity contribution in [2.75, 3.05) is 0 Å². The first kappa shape index (κ1) is 12.1. The van der Waals surface area contributed by atoms with Crippen LogP contribution in [0.5, 0.6) is 5.75 Å². The van der Waals surface area contributed by atoms with Crippen LogP contribution in [0.4, 0.5) is 0 Å². The summed E-state index contributed by atoms with van der Waals surface area (Å²) in [6.45, 7) is 1.17. The molecule has 0 spiro atoms. The fourth-order valence-corrected chi connectivity index (χ4v) is 0.667. The predicted molar refractivity (Wildman–Crippen MR) is 50.7 cm³/mol. The topological polar surface area (TPSA) is 43.4 Å². The number of benzene rings is 1. The standard InChI is InChI=1S/C9H8O3.Mg.2H/c1-7(10)9(11)12-8-5-3-2-4-6-8;;;/h2-6H,1H3;;;/q;+2;2*-1. The van der Waals surface area contributed by atoms with E-state index in [0.717, 1.165) is 0 Å². The van der Waals surface area contributed by atoms with Crippen LogP contribution < -0.4 is 4.74 Å². The van der Waals surface area contributed by atoms with Gasteiger partial charge in [-0.2, -0.15) is 0 Å².